The molecule has 0 aliphatic heterocycles. The van der Waals surface area contributed by atoms with E-state index in [-0.39, 0.29) is 5.75 Å². The first-order chi connectivity index (χ1) is 7.72. The van der Waals surface area contributed by atoms with Crippen molar-refractivity contribution >= 4 is 0 Å². The van der Waals surface area contributed by atoms with Crippen LogP contribution in [-0.4, -0.2) is 18.3 Å². The Morgan fingerprint density at radius 2 is 1.69 bits per heavy atom. The van der Waals surface area contributed by atoms with Gasteiger partial charge < -0.3 is 14.6 Å². The molecule has 0 unspecified atom stereocenters. The number of aromatic hydroxyl groups is 1. The number of hydrogen-bond acceptors (Lipinski definition) is 3. The Balaban J connectivity index is 3.09. The zero-order valence-electron chi connectivity index (χ0n) is 9.82. The van der Waals surface area contributed by atoms with E-state index in [0.717, 1.165) is 12.0 Å². The monoisotopic (exact) mass is 222 g/mol. The number of rotatable bonds is 6. The zero-order chi connectivity index (χ0) is 12.0. The molecule has 0 bridgehead atoms. The van der Waals surface area contributed by atoms with Gasteiger partial charge in [0.1, 0.15) is 0 Å². The maximum atomic E-state index is 9.87. The maximum absolute atomic E-state index is 9.87. The average molecular weight is 222 g/mol. The first-order valence-electron chi connectivity index (χ1n) is 5.45. The molecule has 1 rings (SSSR count). The van der Waals surface area contributed by atoms with Crippen molar-refractivity contribution in [3.05, 3.63) is 30.4 Å². The minimum atomic E-state index is 0.0662. The highest BCUT2D eigenvalue weighted by molar-refractivity contribution is 5.53. The fourth-order valence-electron chi connectivity index (χ4n) is 1.45. The van der Waals surface area contributed by atoms with E-state index in [1.807, 2.05) is 26.0 Å². The molecule has 1 aromatic carbocycles. The van der Waals surface area contributed by atoms with Crippen LogP contribution in [0.15, 0.2) is 24.8 Å². The lowest BCUT2D eigenvalue weighted by molar-refractivity contribution is 0.289. The van der Waals surface area contributed by atoms with Gasteiger partial charge in [-0.15, -0.1) is 6.58 Å². The lowest BCUT2D eigenvalue weighted by Gasteiger charge is -2.12. The van der Waals surface area contributed by atoms with Gasteiger partial charge in [0.05, 0.1) is 13.2 Å². The van der Waals surface area contributed by atoms with Crippen LogP contribution in [0.2, 0.25) is 0 Å². The van der Waals surface area contributed by atoms with Crippen LogP contribution in [0.1, 0.15) is 19.4 Å². The van der Waals surface area contributed by atoms with Gasteiger partial charge in [-0.3, -0.25) is 0 Å². The first-order valence-corrected chi connectivity index (χ1v) is 5.45. The van der Waals surface area contributed by atoms with Crippen molar-refractivity contribution < 1.29 is 14.6 Å². The van der Waals surface area contributed by atoms with Gasteiger partial charge in [0.25, 0.3) is 0 Å². The van der Waals surface area contributed by atoms with E-state index >= 15 is 0 Å². The molecule has 16 heavy (non-hydrogen) atoms. The van der Waals surface area contributed by atoms with E-state index < -0.39 is 0 Å². The van der Waals surface area contributed by atoms with Crippen LogP contribution in [0.25, 0.3) is 0 Å². The second kappa shape index (κ2) is 6.05. The molecule has 3 nitrogen and oxygen atoms in total. The van der Waals surface area contributed by atoms with Crippen molar-refractivity contribution in [2.45, 2.75) is 20.3 Å². The van der Waals surface area contributed by atoms with Crippen LogP contribution in [0, 0.1) is 0 Å². The van der Waals surface area contributed by atoms with Gasteiger partial charge in [-0.1, -0.05) is 6.08 Å². The van der Waals surface area contributed by atoms with Gasteiger partial charge >= 0.3 is 0 Å². The summed E-state index contributed by atoms with van der Waals surface area (Å²) in [7, 11) is 0. The fraction of sp³-hybridized carbons (Fsp3) is 0.385. The second-order valence-corrected chi connectivity index (χ2v) is 3.30. The highest BCUT2D eigenvalue weighted by Crippen LogP contribution is 2.37. The van der Waals surface area contributed by atoms with Gasteiger partial charge in [0.2, 0.25) is 5.75 Å². The highest BCUT2D eigenvalue weighted by atomic mass is 16.5. The van der Waals surface area contributed by atoms with Crippen molar-refractivity contribution in [1.29, 1.82) is 0 Å². The van der Waals surface area contributed by atoms with E-state index in [1.54, 1.807) is 6.08 Å². The molecule has 0 radical (unpaired) electrons. The van der Waals surface area contributed by atoms with Crippen LogP contribution in [0.5, 0.6) is 17.2 Å². The standard InChI is InChI=1S/C13H18O3/c1-4-7-10-8-11(15-5-2)13(14)12(9-10)16-6-3/h4,8-9,14H,1,5-7H2,2-3H3. The largest absolute Gasteiger partial charge is 0.502 e. The van der Waals surface area contributed by atoms with E-state index in [9.17, 15) is 5.11 Å². The number of phenols is 1. The molecule has 0 spiro atoms. The van der Waals surface area contributed by atoms with Gasteiger partial charge in [0.15, 0.2) is 11.5 Å². The van der Waals surface area contributed by atoms with E-state index in [0.29, 0.717) is 24.7 Å². The molecular weight excluding hydrogens is 204 g/mol. The molecule has 0 atom stereocenters. The van der Waals surface area contributed by atoms with Gasteiger partial charge in [-0.25, -0.2) is 0 Å². The molecule has 1 aromatic rings. The fourth-order valence-corrected chi connectivity index (χ4v) is 1.45. The number of ether oxygens (including phenoxy) is 2. The van der Waals surface area contributed by atoms with Crippen LogP contribution in [0.3, 0.4) is 0 Å². The molecule has 88 valence electrons. The SMILES string of the molecule is C=CCc1cc(OCC)c(O)c(OCC)c1. The molecule has 0 saturated carbocycles. The summed E-state index contributed by atoms with van der Waals surface area (Å²) in [6.45, 7) is 8.46. The number of hydrogen-bond donors (Lipinski definition) is 1. The van der Waals surface area contributed by atoms with Crippen molar-refractivity contribution in [2.75, 3.05) is 13.2 Å². The van der Waals surface area contributed by atoms with Crippen LogP contribution in [-0.2, 0) is 6.42 Å². The third-order valence-corrected chi connectivity index (χ3v) is 2.08. The Morgan fingerprint density at radius 1 is 1.19 bits per heavy atom. The predicted molar refractivity (Wildman–Crippen MR) is 64.3 cm³/mol. The first kappa shape index (κ1) is 12.4. The average Bonchev–Trinajstić information content (AvgIpc) is 2.26. The minimum absolute atomic E-state index is 0.0662. The molecular formula is C13H18O3. The Bertz CT molecular complexity index is 331. The summed E-state index contributed by atoms with van der Waals surface area (Å²) < 4.78 is 10.7. The van der Waals surface area contributed by atoms with Crippen molar-refractivity contribution in [3.63, 3.8) is 0 Å². The molecule has 0 aliphatic rings. The van der Waals surface area contributed by atoms with Crippen molar-refractivity contribution in [3.8, 4) is 17.2 Å². The summed E-state index contributed by atoms with van der Waals surface area (Å²) in [6, 6.07) is 3.62. The molecule has 0 amide bonds. The van der Waals surface area contributed by atoms with Crippen molar-refractivity contribution in [1.82, 2.24) is 0 Å². The molecule has 0 heterocycles. The topological polar surface area (TPSA) is 38.7 Å². The third-order valence-electron chi connectivity index (χ3n) is 2.08. The molecule has 0 aliphatic carbocycles. The minimum Gasteiger partial charge on any atom is -0.502 e. The molecule has 1 N–H and O–H groups in total. The van der Waals surface area contributed by atoms with Gasteiger partial charge in [0, 0.05) is 0 Å². The molecule has 0 saturated heterocycles. The van der Waals surface area contributed by atoms with Crippen LogP contribution in [0.4, 0.5) is 0 Å². The van der Waals surface area contributed by atoms with Gasteiger partial charge in [-0.2, -0.15) is 0 Å². The zero-order valence-corrected chi connectivity index (χ0v) is 9.82. The quantitative estimate of drug-likeness (QED) is 0.752. The number of allylic oxidation sites excluding steroid dienone is 1. The molecule has 0 aromatic heterocycles. The smallest absolute Gasteiger partial charge is 0.200 e. The third kappa shape index (κ3) is 2.92. The lowest BCUT2D eigenvalue weighted by atomic mass is 10.1. The summed E-state index contributed by atoms with van der Waals surface area (Å²) in [5, 5.41) is 9.87. The van der Waals surface area contributed by atoms with E-state index in [2.05, 4.69) is 6.58 Å². The van der Waals surface area contributed by atoms with Gasteiger partial charge in [-0.05, 0) is 38.0 Å². The number of benzene rings is 1. The lowest BCUT2D eigenvalue weighted by Crippen LogP contribution is -1.98. The Hall–Kier alpha value is -1.64. The summed E-state index contributed by atoms with van der Waals surface area (Å²) in [5.74, 6) is 0.993. The van der Waals surface area contributed by atoms with E-state index in [1.165, 1.54) is 0 Å². The number of phenolic OH excluding ortho intramolecular Hbond substituents is 1. The predicted octanol–water partition coefficient (Wildman–Crippen LogP) is 2.92. The molecule has 0 fully saturated rings. The summed E-state index contributed by atoms with van der Waals surface area (Å²) in [5.41, 5.74) is 1.01. The summed E-state index contributed by atoms with van der Waals surface area (Å²) >= 11 is 0. The maximum Gasteiger partial charge on any atom is 0.200 e. The summed E-state index contributed by atoms with van der Waals surface area (Å²) in [6.07, 6.45) is 2.53. The van der Waals surface area contributed by atoms with Crippen LogP contribution >= 0.6 is 0 Å². The van der Waals surface area contributed by atoms with Crippen molar-refractivity contribution in [2.24, 2.45) is 0 Å². The Morgan fingerprint density at radius 3 is 2.06 bits per heavy atom. The molecule has 3 heteroatoms. The Labute approximate surface area is 96.3 Å². The normalized spacial score (nSPS) is 9.88. The van der Waals surface area contributed by atoms with E-state index in [4.69, 9.17) is 9.47 Å². The highest BCUT2D eigenvalue weighted by Gasteiger charge is 2.11. The van der Waals surface area contributed by atoms with Crippen LogP contribution < -0.4 is 9.47 Å². The summed E-state index contributed by atoms with van der Waals surface area (Å²) in [4.78, 5) is 0. The Kier molecular flexibility index (Phi) is 4.70. The second-order valence-electron chi connectivity index (χ2n) is 3.30.